The number of hydrogen-bond acceptors (Lipinski definition) is 3. The fourth-order valence-corrected chi connectivity index (χ4v) is 2.40. The molecular formula is C21H35O3. The molecular weight excluding hydrogens is 300 g/mol. The van der Waals surface area contributed by atoms with Crippen molar-refractivity contribution < 1.29 is 14.2 Å². The van der Waals surface area contributed by atoms with E-state index in [1.165, 1.54) is 38.5 Å². The highest BCUT2D eigenvalue weighted by molar-refractivity contribution is 5.50. The summed E-state index contributed by atoms with van der Waals surface area (Å²) in [6, 6.07) is 6.85. The van der Waals surface area contributed by atoms with E-state index in [2.05, 4.69) is 26.8 Å². The Labute approximate surface area is 148 Å². The van der Waals surface area contributed by atoms with Crippen LogP contribution < -0.4 is 14.2 Å². The Balaban J connectivity index is 2.67. The average Bonchev–Trinajstić information content (AvgIpc) is 2.60. The second-order valence-electron chi connectivity index (χ2n) is 6.18. The molecule has 1 rings (SSSR count). The van der Waals surface area contributed by atoms with Gasteiger partial charge >= 0.3 is 0 Å². The highest BCUT2D eigenvalue weighted by atomic mass is 16.5. The highest BCUT2D eigenvalue weighted by Crippen LogP contribution is 2.37. The quantitative estimate of drug-likeness (QED) is 0.357. The van der Waals surface area contributed by atoms with Gasteiger partial charge in [-0.1, -0.05) is 59.3 Å². The van der Waals surface area contributed by atoms with Gasteiger partial charge in [0.15, 0.2) is 11.5 Å². The minimum absolute atomic E-state index is 0.703. The van der Waals surface area contributed by atoms with Crippen LogP contribution in [0.2, 0.25) is 0 Å². The van der Waals surface area contributed by atoms with Gasteiger partial charge in [-0.3, -0.25) is 0 Å². The minimum atomic E-state index is 0.703. The van der Waals surface area contributed by atoms with Gasteiger partial charge in [-0.2, -0.15) is 0 Å². The lowest BCUT2D eigenvalue weighted by Crippen LogP contribution is -2.06. The molecule has 0 atom stereocenters. The molecule has 0 N–H and O–H groups in total. The summed E-state index contributed by atoms with van der Waals surface area (Å²) in [6.07, 6.45) is 10.3. The normalized spacial score (nSPS) is 10.6. The maximum absolute atomic E-state index is 6.01. The molecule has 0 saturated carbocycles. The highest BCUT2D eigenvalue weighted by Gasteiger charge is 2.13. The third kappa shape index (κ3) is 8.47. The zero-order valence-electron chi connectivity index (χ0n) is 15.9. The lowest BCUT2D eigenvalue weighted by molar-refractivity contribution is 0.235. The molecule has 3 heteroatoms. The molecule has 1 radical (unpaired) electrons. The van der Waals surface area contributed by atoms with Gasteiger partial charge in [0.1, 0.15) is 0 Å². The minimum Gasteiger partial charge on any atom is -0.490 e. The van der Waals surface area contributed by atoms with Crippen molar-refractivity contribution in [3.63, 3.8) is 0 Å². The van der Waals surface area contributed by atoms with Gasteiger partial charge in [0.25, 0.3) is 0 Å². The van der Waals surface area contributed by atoms with Gasteiger partial charge in [0.05, 0.1) is 19.8 Å². The van der Waals surface area contributed by atoms with Crippen LogP contribution in [0.25, 0.3) is 0 Å². The van der Waals surface area contributed by atoms with Gasteiger partial charge < -0.3 is 14.2 Å². The van der Waals surface area contributed by atoms with E-state index in [0.29, 0.717) is 19.8 Å². The van der Waals surface area contributed by atoms with Crippen molar-refractivity contribution in [3.05, 3.63) is 18.2 Å². The summed E-state index contributed by atoms with van der Waals surface area (Å²) in [5.74, 6) is 2.27. The number of unbranched alkanes of at least 4 members (excludes halogenated alkanes) is 6. The molecule has 137 valence electrons. The predicted molar refractivity (Wildman–Crippen MR) is 100 cm³/mol. The standard InChI is InChI=1S/C21H35O3/c1-4-7-10-16-22-19-14-13-15-20(23-17-11-8-5-2)21(19)24-18-12-9-6-3/h14-15H,4-12,16-18H2,1-3H3. The Morgan fingerprint density at radius 2 is 1.04 bits per heavy atom. The molecule has 0 aliphatic rings. The van der Waals surface area contributed by atoms with Crippen molar-refractivity contribution in [2.75, 3.05) is 19.8 Å². The maximum atomic E-state index is 6.01. The molecule has 1 aromatic carbocycles. The number of ether oxygens (including phenoxy) is 3. The SMILES string of the molecule is CCCCCOc1c[c]cc(OCCCCC)c1OCCCCC. The molecule has 3 nitrogen and oxygen atoms in total. The van der Waals surface area contributed by atoms with Crippen molar-refractivity contribution in [1.82, 2.24) is 0 Å². The van der Waals surface area contributed by atoms with E-state index in [0.717, 1.165) is 36.5 Å². The van der Waals surface area contributed by atoms with E-state index in [9.17, 15) is 0 Å². The molecule has 0 aliphatic carbocycles. The van der Waals surface area contributed by atoms with Crippen molar-refractivity contribution in [2.45, 2.75) is 78.6 Å². The number of rotatable bonds is 15. The Morgan fingerprint density at radius 1 is 0.625 bits per heavy atom. The zero-order chi connectivity index (χ0) is 17.5. The summed E-state index contributed by atoms with van der Waals surface area (Å²) in [4.78, 5) is 0. The summed E-state index contributed by atoms with van der Waals surface area (Å²) in [6.45, 7) is 8.72. The van der Waals surface area contributed by atoms with Crippen LogP contribution in [0.3, 0.4) is 0 Å². The molecule has 0 bridgehead atoms. The Bertz CT molecular complexity index is 387. The summed E-state index contributed by atoms with van der Waals surface area (Å²) in [5, 5.41) is 0. The van der Waals surface area contributed by atoms with Gasteiger partial charge in [-0.25, -0.2) is 0 Å². The maximum Gasteiger partial charge on any atom is 0.203 e. The summed E-state index contributed by atoms with van der Waals surface area (Å²) < 4.78 is 17.9. The van der Waals surface area contributed by atoms with Crippen molar-refractivity contribution in [1.29, 1.82) is 0 Å². The number of benzene rings is 1. The van der Waals surface area contributed by atoms with Crippen LogP contribution in [0.5, 0.6) is 17.2 Å². The molecule has 0 heterocycles. The fraction of sp³-hybridized carbons (Fsp3) is 0.714. The van der Waals surface area contributed by atoms with E-state index < -0.39 is 0 Å². The zero-order valence-corrected chi connectivity index (χ0v) is 15.9. The van der Waals surface area contributed by atoms with Crippen LogP contribution in [-0.2, 0) is 0 Å². The van der Waals surface area contributed by atoms with Gasteiger partial charge in [0, 0.05) is 0 Å². The third-order valence-electron chi connectivity index (χ3n) is 3.88. The summed E-state index contributed by atoms with van der Waals surface area (Å²) >= 11 is 0. The Kier molecular flexibility index (Phi) is 12.1. The van der Waals surface area contributed by atoms with Crippen LogP contribution in [0.1, 0.15) is 78.6 Å². The molecule has 0 amide bonds. The largest absolute Gasteiger partial charge is 0.490 e. The van der Waals surface area contributed by atoms with E-state index in [-0.39, 0.29) is 0 Å². The molecule has 24 heavy (non-hydrogen) atoms. The molecule has 0 unspecified atom stereocenters. The summed E-state index contributed by atoms with van der Waals surface area (Å²) in [5.41, 5.74) is 0. The Hall–Kier alpha value is -1.38. The summed E-state index contributed by atoms with van der Waals surface area (Å²) in [7, 11) is 0. The van der Waals surface area contributed by atoms with Gasteiger partial charge in [-0.05, 0) is 37.5 Å². The molecule has 0 aliphatic heterocycles. The first-order valence-corrected chi connectivity index (χ1v) is 9.75. The molecule has 0 saturated heterocycles. The monoisotopic (exact) mass is 335 g/mol. The van der Waals surface area contributed by atoms with Gasteiger partial charge in [-0.15, -0.1) is 0 Å². The lowest BCUT2D eigenvalue weighted by Gasteiger charge is -2.17. The first-order valence-electron chi connectivity index (χ1n) is 9.75. The van der Waals surface area contributed by atoms with Crippen LogP contribution >= 0.6 is 0 Å². The second-order valence-corrected chi connectivity index (χ2v) is 6.18. The van der Waals surface area contributed by atoms with E-state index >= 15 is 0 Å². The fourth-order valence-electron chi connectivity index (χ4n) is 2.40. The Morgan fingerprint density at radius 3 is 1.46 bits per heavy atom. The first-order chi connectivity index (χ1) is 11.8. The molecule has 0 spiro atoms. The topological polar surface area (TPSA) is 27.7 Å². The number of hydrogen-bond donors (Lipinski definition) is 0. The van der Waals surface area contributed by atoms with E-state index in [4.69, 9.17) is 14.2 Å². The first kappa shape index (κ1) is 20.7. The van der Waals surface area contributed by atoms with Crippen molar-refractivity contribution in [2.24, 2.45) is 0 Å². The smallest absolute Gasteiger partial charge is 0.203 e. The van der Waals surface area contributed by atoms with Crippen LogP contribution in [0.15, 0.2) is 12.1 Å². The molecule has 0 fully saturated rings. The van der Waals surface area contributed by atoms with E-state index in [1.807, 2.05) is 12.1 Å². The van der Waals surface area contributed by atoms with Crippen LogP contribution in [-0.4, -0.2) is 19.8 Å². The van der Waals surface area contributed by atoms with Crippen molar-refractivity contribution >= 4 is 0 Å². The van der Waals surface area contributed by atoms with Crippen molar-refractivity contribution in [3.8, 4) is 17.2 Å². The van der Waals surface area contributed by atoms with E-state index in [1.54, 1.807) is 0 Å². The lowest BCUT2D eigenvalue weighted by atomic mass is 10.2. The third-order valence-corrected chi connectivity index (χ3v) is 3.88. The molecule has 0 aromatic heterocycles. The van der Waals surface area contributed by atoms with Crippen LogP contribution in [0, 0.1) is 6.07 Å². The van der Waals surface area contributed by atoms with Crippen LogP contribution in [0.4, 0.5) is 0 Å². The molecule has 1 aromatic rings. The predicted octanol–water partition coefficient (Wildman–Crippen LogP) is 6.19. The second kappa shape index (κ2) is 14.0. The van der Waals surface area contributed by atoms with Gasteiger partial charge in [0.2, 0.25) is 5.75 Å². The average molecular weight is 336 g/mol.